The average Bonchev–Trinajstić information content (AvgIpc) is 3.38. The lowest BCUT2D eigenvalue weighted by atomic mass is 9.76. The SMILES string of the molecule is O=C(c1ccc[nH]1)N1CCC2(CCc3c2nc(-c2cccnc2)[nH]c3=O)CC1. The van der Waals surface area contributed by atoms with Gasteiger partial charge >= 0.3 is 0 Å². The molecule has 28 heavy (non-hydrogen) atoms. The largest absolute Gasteiger partial charge is 0.357 e. The van der Waals surface area contributed by atoms with Crippen molar-refractivity contribution in [2.45, 2.75) is 31.1 Å². The number of hydrogen-bond donors (Lipinski definition) is 2. The van der Waals surface area contributed by atoms with Crippen LogP contribution >= 0.6 is 0 Å². The third-order valence-corrected chi connectivity index (χ3v) is 6.14. The minimum Gasteiger partial charge on any atom is -0.357 e. The molecule has 1 amide bonds. The Kier molecular flexibility index (Phi) is 3.89. The second-order valence-electron chi connectivity index (χ2n) is 7.64. The molecule has 3 aromatic heterocycles. The molecule has 0 radical (unpaired) electrons. The number of H-pyrrole nitrogens is 2. The van der Waals surface area contributed by atoms with Gasteiger partial charge in [-0.2, -0.15) is 0 Å². The Morgan fingerprint density at radius 3 is 2.71 bits per heavy atom. The van der Waals surface area contributed by atoms with Crippen LogP contribution in [0.4, 0.5) is 0 Å². The summed E-state index contributed by atoms with van der Waals surface area (Å²) >= 11 is 0. The van der Waals surface area contributed by atoms with Crippen LogP contribution in [0.3, 0.4) is 0 Å². The van der Waals surface area contributed by atoms with Gasteiger partial charge in [-0.3, -0.25) is 14.6 Å². The van der Waals surface area contributed by atoms with Gasteiger partial charge < -0.3 is 14.9 Å². The van der Waals surface area contributed by atoms with Crippen molar-refractivity contribution in [1.29, 1.82) is 0 Å². The van der Waals surface area contributed by atoms with Crippen LogP contribution in [-0.2, 0) is 11.8 Å². The lowest BCUT2D eigenvalue weighted by Crippen LogP contribution is -2.45. The molecular weight excluding hydrogens is 354 g/mol. The highest BCUT2D eigenvalue weighted by atomic mass is 16.2. The number of pyridine rings is 1. The number of fused-ring (bicyclic) bond motifs is 2. The van der Waals surface area contributed by atoms with E-state index >= 15 is 0 Å². The van der Waals surface area contributed by atoms with Crippen molar-refractivity contribution >= 4 is 5.91 Å². The summed E-state index contributed by atoms with van der Waals surface area (Å²) in [6, 6.07) is 7.38. The lowest BCUT2D eigenvalue weighted by molar-refractivity contribution is 0.0658. The van der Waals surface area contributed by atoms with Gasteiger partial charge in [0.25, 0.3) is 11.5 Å². The fourth-order valence-corrected chi connectivity index (χ4v) is 4.55. The van der Waals surface area contributed by atoms with Crippen LogP contribution in [0, 0.1) is 0 Å². The van der Waals surface area contributed by atoms with Gasteiger partial charge in [-0.1, -0.05) is 0 Å². The van der Waals surface area contributed by atoms with Gasteiger partial charge in [-0.05, 0) is 49.9 Å². The molecule has 1 spiro atoms. The van der Waals surface area contributed by atoms with Crippen LogP contribution in [0.15, 0.2) is 47.7 Å². The Hall–Kier alpha value is -3.22. The fraction of sp³-hybridized carbons (Fsp3) is 0.333. The molecule has 4 heterocycles. The van der Waals surface area contributed by atoms with Crippen molar-refractivity contribution in [3.05, 3.63) is 70.2 Å². The first kappa shape index (κ1) is 16.9. The van der Waals surface area contributed by atoms with Gasteiger partial charge in [0.15, 0.2) is 0 Å². The number of nitrogens with zero attached hydrogens (tertiary/aromatic N) is 3. The number of aromatic nitrogens is 4. The number of likely N-dealkylation sites (tertiary alicyclic amines) is 1. The van der Waals surface area contributed by atoms with Gasteiger partial charge in [0, 0.05) is 48.2 Å². The van der Waals surface area contributed by atoms with Gasteiger partial charge in [-0.25, -0.2) is 4.98 Å². The maximum Gasteiger partial charge on any atom is 0.270 e. The topological polar surface area (TPSA) is 94.7 Å². The summed E-state index contributed by atoms with van der Waals surface area (Å²) in [6.07, 6.45) is 8.50. The van der Waals surface area contributed by atoms with E-state index in [1.807, 2.05) is 23.1 Å². The van der Waals surface area contributed by atoms with Crippen LogP contribution in [0.25, 0.3) is 11.4 Å². The Morgan fingerprint density at radius 2 is 2.00 bits per heavy atom. The van der Waals surface area contributed by atoms with Crippen molar-refractivity contribution in [3.8, 4) is 11.4 Å². The summed E-state index contributed by atoms with van der Waals surface area (Å²) < 4.78 is 0. The van der Waals surface area contributed by atoms with E-state index in [1.54, 1.807) is 24.7 Å². The van der Waals surface area contributed by atoms with Gasteiger partial charge in [0.05, 0.1) is 5.69 Å². The van der Waals surface area contributed by atoms with E-state index in [0.717, 1.165) is 42.5 Å². The van der Waals surface area contributed by atoms with E-state index in [1.165, 1.54) is 0 Å². The maximum absolute atomic E-state index is 12.7. The molecule has 2 N–H and O–H groups in total. The lowest BCUT2D eigenvalue weighted by Gasteiger charge is -2.39. The number of aromatic amines is 2. The standard InChI is InChI=1S/C21H21N5O2/c27-19-15-5-6-21(17(15)24-18(25-19)14-3-1-9-22-13-14)7-11-26(12-8-21)20(28)16-4-2-10-23-16/h1-4,9-10,13,23H,5-8,11-12H2,(H,24,25,27). The molecule has 0 atom stereocenters. The first-order valence-electron chi connectivity index (χ1n) is 9.63. The highest BCUT2D eigenvalue weighted by Crippen LogP contribution is 2.44. The molecule has 7 heteroatoms. The molecule has 1 aliphatic heterocycles. The minimum absolute atomic E-state index is 0.0352. The number of hydrogen-bond acceptors (Lipinski definition) is 4. The molecule has 0 bridgehead atoms. The Balaban J connectivity index is 1.44. The van der Waals surface area contributed by atoms with Crippen molar-refractivity contribution in [2.24, 2.45) is 0 Å². The molecule has 1 fully saturated rings. The first-order chi connectivity index (χ1) is 13.7. The highest BCUT2D eigenvalue weighted by Gasteiger charge is 2.44. The molecule has 0 saturated carbocycles. The number of carbonyl (C=O) groups is 1. The number of amides is 1. The second-order valence-corrected chi connectivity index (χ2v) is 7.64. The van der Waals surface area contributed by atoms with E-state index in [4.69, 9.17) is 4.98 Å². The molecule has 0 unspecified atom stereocenters. The molecule has 3 aromatic rings. The predicted octanol–water partition coefficient (Wildman–Crippen LogP) is 2.28. The average molecular weight is 375 g/mol. The molecule has 142 valence electrons. The number of piperidine rings is 1. The zero-order valence-corrected chi connectivity index (χ0v) is 15.4. The third-order valence-electron chi connectivity index (χ3n) is 6.14. The maximum atomic E-state index is 12.7. The summed E-state index contributed by atoms with van der Waals surface area (Å²) in [4.78, 5) is 42.1. The van der Waals surface area contributed by atoms with E-state index in [0.29, 0.717) is 24.6 Å². The molecule has 2 aliphatic rings. The molecule has 5 rings (SSSR count). The summed E-state index contributed by atoms with van der Waals surface area (Å²) in [5.74, 6) is 0.607. The minimum atomic E-state index is -0.118. The van der Waals surface area contributed by atoms with Gasteiger partial charge in [0.2, 0.25) is 0 Å². The Morgan fingerprint density at radius 1 is 1.14 bits per heavy atom. The molecular formula is C21H21N5O2. The molecule has 7 nitrogen and oxygen atoms in total. The van der Waals surface area contributed by atoms with E-state index < -0.39 is 0 Å². The Bertz CT molecular complexity index is 1060. The van der Waals surface area contributed by atoms with Crippen molar-refractivity contribution in [1.82, 2.24) is 24.8 Å². The van der Waals surface area contributed by atoms with Crippen LogP contribution in [0.2, 0.25) is 0 Å². The van der Waals surface area contributed by atoms with E-state index in [9.17, 15) is 9.59 Å². The molecule has 1 saturated heterocycles. The van der Waals surface area contributed by atoms with Crippen LogP contribution in [-0.4, -0.2) is 43.8 Å². The summed E-state index contributed by atoms with van der Waals surface area (Å²) in [6.45, 7) is 1.35. The monoisotopic (exact) mass is 375 g/mol. The number of rotatable bonds is 2. The zero-order valence-electron chi connectivity index (χ0n) is 15.4. The predicted molar refractivity (Wildman–Crippen MR) is 104 cm³/mol. The first-order valence-corrected chi connectivity index (χ1v) is 9.63. The van der Waals surface area contributed by atoms with Crippen LogP contribution < -0.4 is 5.56 Å². The molecule has 1 aliphatic carbocycles. The third kappa shape index (κ3) is 2.66. The van der Waals surface area contributed by atoms with Crippen LogP contribution in [0.1, 0.15) is 41.0 Å². The van der Waals surface area contributed by atoms with Crippen molar-refractivity contribution in [2.75, 3.05) is 13.1 Å². The van der Waals surface area contributed by atoms with Gasteiger partial charge in [0.1, 0.15) is 11.5 Å². The number of carbonyl (C=O) groups excluding carboxylic acids is 1. The quantitative estimate of drug-likeness (QED) is 0.718. The van der Waals surface area contributed by atoms with E-state index in [-0.39, 0.29) is 16.9 Å². The van der Waals surface area contributed by atoms with Crippen molar-refractivity contribution in [3.63, 3.8) is 0 Å². The zero-order chi connectivity index (χ0) is 19.1. The second kappa shape index (κ2) is 6.44. The van der Waals surface area contributed by atoms with Crippen LogP contribution in [0.5, 0.6) is 0 Å². The number of nitrogens with one attached hydrogen (secondary N) is 2. The van der Waals surface area contributed by atoms with Crippen molar-refractivity contribution < 1.29 is 4.79 Å². The summed E-state index contributed by atoms with van der Waals surface area (Å²) in [5, 5.41) is 0. The smallest absolute Gasteiger partial charge is 0.270 e. The molecule has 0 aromatic carbocycles. The summed E-state index contributed by atoms with van der Waals surface area (Å²) in [5.41, 5.74) is 2.98. The van der Waals surface area contributed by atoms with E-state index in [2.05, 4.69) is 15.0 Å². The summed E-state index contributed by atoms with van der Waals surface area (Å²) in [7, 11) is 0. The van der Waals surface area contributed by atoms with Gasteiger partial charge in [-0.15, -0.1) is 0 Å². The fourth-order valence-electron chi connectivity index (χ4n) is 4.55. The highest BCUT2D eigenvalue weighted by molar-refractivity contribution is 5.92. The Labute approximate surface area is 161 Å². The normalized spacial score (nSPS) is 17.6.